The summed E-state index contributed by atoms with van der Waals surface area (Å²) >= 11 is 0. The van der Waals surface area contributed by atoms with Gasteiger partial charge in [-0.05, 0) is 50.1 Å². The quantitative estimate of drug-likeness (QED) is 0.763. The Hall–Kier alpha value is -3.11. The summed E-state index contributed by atoms with van der Waals surface area (Å²) < 4.78 is 0. The zero-order valence-corrected chi connectivity index (χ0v) is 17.9. The third kappa shape index (κ3) is 4.89. The van der Waals surface area contributed by atoms with Crippen LogP contribution < -0.4 is 15.8 Å². The summed E-state index contributed by atoms with van der Waals surface area (Å²) in [5.74, 6) is -0.0494. The van der Waals surface area contributed by atoms with Crippen molar-refractivity contribution in [3.05, 3.63) is 62.6 Å². The number of para-hydroxylation sites is 1. The van der Waals surface area contributed by atoms with Crippen molar-refractivity contribution >= 4 is 11.6 Å². The van der Waals surface area contributed by atoms with Crippen LogP contribution in [0.5, 0.6) is 0 Å². The summed E-state index contributed by atoms with van der Waals surface area (Å²) in [5.41, 5.74) is 4.27. The number of hydrogen-bond acceptors (Lipinski definition) is 5. The fourth-order valence-electron chi connectivity index (χ4n) is 3.96. The first-order valence-corrected chi connectivity index (χ1v) is 10.3. The van der Waals surface area contributed by atoms with Gasteiger partial charge < -0.3 is 20.1 Å². The third-order valence-corrected chi connectivity index (χ3v) is 5.83. The highest BCUT2D eigenvalue weighted by Crippen LogP contribution is 2.22. The van der Waals surface area contributed by atoms with Crippen LogP contribution in [0.4, 0.5) is 5.69 Å². The molecule has 0 spiro atoms. The van der Waals surface area contributed by atoms with Gasteiger partial charge in [-0.3, -0.25) is 9.59 Å². The van der Waals surface area contributed by atoms with Crippen molar-refractivity contribution in [1.29, 1.82) is 5.26 Å². The van der Waals surface area contributed by atoms with Crippen LogP contribution in [0.3, 0.4) is 0 Å². The number of aromatic nitrogens is 1. The highest BCUT2D eigenvalue weighted by Gasteiger charge is 2.17. The van der Waals surface area contributed by atoms with Crippen LogP contribution in [-0.4, -0.2) is 49.0 Å². The Bertz CT molecular complexity index is 1010. The van der Waals surface area contributed by atoms with Gasteiger partial charge in [0.2, 0.25) is 5.91 Å². The van der Waals surface area contributed by atoms with Gasteiger partial charge in [-0.15, -0.1) is 0 Å². The lowest BCUT2D eigenvalue weighted by Crippen LogP contribution is -2.45. The lowest BCUT2D eigenvalue weighted by molar-refractivity contribution is -0.121. The van der Waals surface area contributed by atoms with Crippen LogP contribution in [0, 0.1) is 25.2 Å². The Morgan fingerprint density at radius 3 is 2.60 bits per heavy atom. The second-order valence-corrected chi connectivity index (χ2v) is 7.87. The van der Waals surface area contributed by atoms with Crippen molar-refractivity contribution in [1.82, 2.24) is 15.2 Å². The number of nitriles is 1. The molecule has 0 aliphatic carbocycles. The highest BCUT2D eigenvalue weighted by molar-refractivity contribution is 5.76. The average Bonchev–Trinajstić information content (AvgIpc) is 2.73. The molecule has 1 saturated heterocycles. The van der Waals surface area contributed by atoms with Crippen molar-refractivity contribution in [3.8, 4) is 6.07 Å². The van der Waals surface area contributed by atoms with Crippen LogP contribution in [-0.2, 0) is 17.8 Å². The SMILES string of the molecule is Cc1[nH]c(=O)c(C#N)c(C)c1CCC(=O)NCc1ccccc1N1CCN(C)CC1. The number of likely N-dealkylation sites (N-methyl/N-ethyl adjacent to an activating group) is 1. The standard InChI is InChI=1S/C23H29N5O2/c1-16-19(17(2)26-23(30)20(16)14-24)8-9-22(29)25-15-18-6-4-5-7-21(18)28-12-10-27(3)11-13-28/h4-7H,8-13,15H2,1-3H3,(H,25,29)(H,26,30). The predicted octanol–water partition coefficient (Wildman–Crippen LogP) is 1.86. The van der Waals surface area contributed by atoms with E-state index in [0.29, 0.717) is 30.6 Å². The number of benzene rings is 1. The van der Waals surface area contributed by atoms with Gasteiger partial charge in [-0.2, -0.15) is 5.26 Å². The number of aryl methyl sites for hydroxylation is 1. The summed E-state index contributed by atoms with van der Waals surface area (Å²) in [7, 11) is 2.13. The van der Waals surface area contributed by atoms with Gasteiger partial charge in [0, 0.05) is 50.5 Å². The molecule has 0 unspecified atom stereocenters. The van der Waals surface area contributed by atoms with Gasteiger partial charge in [0.15, 0.2) is 0 Å². The number of anilines is 1. The largest absolute Gasteiger partial charge is 0.369 e. The zero-order chi connectivity index (χ0) is 21.7. The van der Waals surface area contributed by atoms with Crippen LogP contribution in [0.15, 0.2) is 29.1 Å². The molecule has 3 rings (SSSR count). The van der Waals surface area contributed by atoms with E-state index in [4.69, 9.17) is 0 Å². The van der Waals surface area contributed by atoms with Crippen molar-refractivity contribution in [3.63, 3.8) is 0 Å². The van der Waals surface area contributed by atoms with Gasteiger partial charge in [0.05, 0.1) is 0 Å². The molecule has 2 aromatic rings. The number of piperazine rings is 1. The maximum absolute atomic E-state index is 12.5. The molecular weight excluding hydrogens is 378 g/mol. The van der Waals surface area contributed by atoms with E-state index >= 15 is 0 Å². The first kappa shape index (κ1) is 21.6. The number of H-pyrrole nitrogens is 1. The molecule has 1 aromatic heterocycles. The first-order valence-electron chi connectivity index (χ1n) is 10.3. The molecule has 0 saturated carbocycles. The van der Waals surface area contributed by atoms with Crippen LogP contribution in [0.25, 0.3) is 0 Å². The molecule has 0 atom stereocenters. The molecule has 30 heavy (non-hydrogen) atoms. The summed E-state index contributed by atoms with van der Waals surface area (Å²) in [4.78, 5) is 31.8. The van der Waals surface area contributed by atoms with E-state index in [2.05, 4.69) is 39.3 Å². The fraction of sp³-hybridized carbons (Fsp3) is 0.435. The second kappa shape index (κ2) is 9.59. The average molecular weight is 408 g/mol. The van der Waals surface area contributed by atoms with Crippen LogP contribution in [0.2, 0.25) is 0 Å². The molecule has 1 aliphatic rings. The number of hydrogen-bond donors (Lipinski definition) is 2. The van der Waals surface area contributed by atoms with E-state index in [-0.39, 0.29) is 17.0 Å². The number of rotatable bonds is 6. The Balaban J connectivity index is 1.61. The second-order valence-electron chi connectivity index (χ2n) is 7.87. The molecule has 7 nitrogen and oxygen atoms in total. The maximum atomic E-state index is 12.5. The van der Waals surface area contributed by atoms with Crippen LogP contribution in [0.1, 0.15) is 34.4 Å². The molecule has 2 heterocycles. The number of carbonyl (C=O) groups excluding carboxylic acids is 1. The lowest BCUT2D eigenvalue weighted by Gasteiger charge is -2.35. The highest BCUT2D eigenvalue weighted by atomic mass is 16.1. The van der Waals surface area contributed by atoms with E-state index in [0.717, 1.165) is 37.3 Å². The third-order valence-electron chi connectivity index (χ3n) is 5.83. The Labute approximate surface area is 177 Å². The maximum Gasteiger partial charge on any atom is 0.266 e. The lowest BCUT2D eigenvalue weighted by atomic mass is 9.99. The Morgan fingerprint density at radius 2 is 1.90 bits per heavy atom. The minimum atomic E-state index is -0.374. The smallest absolute Gasteiger partial charge is 0.266 e. The van der Waals surface area contributed by atoms with Crippen molar-refractivity contribution in [2.75, 3.05) is 38.1 Å². The van der Waals surface area contributed by atoms with Crippen molar-refractivity contribution in [2.45, 2.75) is 33.2 Å². The molecule has 158 valence electrons. The van der Waals surface area contributed by atoms with Gasteiger partial charge in [-0.25, -0.2) is 0 Å². The number of carbonyl (C=O) groups is 1. The Kier molecular flexibility index (Phi) is 6.91. The number of pyridine rings is 1. The van der Waals surface area contributed by atoms with Crippen LogP contribution >= 0.6 is 0 Å². The van der Waals surface area contributed by atoms with E-state index < -0.39 is 0 Å². The normalized spacial score (nSPS) is 14.4. The molecule has 1 aromatic carbocycles. The predicted molar refractivity (Wildman–Crippen MR) is 118 cm³/mol. The molecule has 2 N–H and O–H groups in total. The first-order chi connectivity index (χ1) is 14.4. The minimum absolute atomic E-state index is 0.0494. The van der Waals surface area contributed by atoms with Crippen molar-refractivity contribution < 1.29 is 4.79 Å². The van der Waals surface area contributed by atoms with E-state index in [1.54, 1.807) is 13.8 Å². The summed E-state index contributed by atoms with van der Waals surface area (Å²) in [6.45, 7) is 8.07. The van der Waals surface area contributed by atoms with Gasteiger partial charge in [0.25, 0.3) is 5.56 Å². The van der Waals surface area contributed by atoms with Gasteiger partial charge >= 0.3 is 0 Å². The molecule has 1 aliphatic heterocycles. The fourth-order valence-corrected chi connectivity index (χ4v) is 3.96. The molecule has 7 heteroatoms. The van der Waals surface area contributed by atoms with E-state index in [9.17, 15) is 14.9 Å². The van der Waals surface area contributed by atoms with Crippen molar-refractivity contribution in [2.24, 2.45) is 0 Å². The summed E-state index contributed by atoms with van der Waals surface area (Å²) in [5, 5.41) is 12.2. The van der Waals surface area contributed by atoms with E-state index in [1.165, 1.54) is 5.69 Å². The monoisotopic (exact) mass is 407 g/mol. The molecule has 0 bridgehead atoms. The molecule has 1 fully saturated rings. The Morgan fingerprint density at radius 1 is 1.20 bits per heavy atom. The van der Waals surface area contributed by atoms with E-state index in [1.807, 2.05) is 18.2 Å². The topological polar surface area (TPSA) is 92.2 Å². The molecule has 1 amide bonds. The molecule has 0 radical (unpaired) electrons. The number of aromatic amines is 1. The molecular formula is C23H29N5O2. The van der Waals surface area contributed by atoms with Gasteiger partial charge in [-0.1, -0.05) is 18.2 Å². The summed E-state index contributed by atoms with van der Waals surface area (Å²) in [6, 6.07) is 10.2. The zero-order valence-electron chi connectivity index (χ0n) is 17.9. The minimum Gasteiger partial charge on any atom is -0.369 e. The van der Waals surface area contributed by atoms with Gasteiger partial charge in [0.1, 0.15) is 11.6 Å². The number of nitrogens with zero attached hydrogens (tertiary/aromatic N) is 3. The number of nitrogens with one attached hydrogen (secondary N) is 2. The summed E-state index contributed by atoms with van der Waals surface area (Å²) in [6.07, 6.45) is 0.782. The number of amides is 1.